The molecule has 0 saturated carbocycles. The summed E-state index contributed by atoms with van der Waals surface area (Å²) in [7, 11) is 0. The quantitative estimate of drug-likeness (QED) is 0.519. The van der Waals surface area contributed by atoms with E-state index in [4.69, 9.17) is 9.15 Å². The summed E-state index contributed by atoms with van der Waals surface area (Å²) < 4.78 is 12.3. The van der Waals surface area contributed by atoms with E-state index in [1.54, 1.807) is 12.4 Å². The van der Waals surface area contributed by atoms with Crippen LogP contribution in [0.25, 0.3) is 21.9 Å². The number of benzene rings is 2. The molecule has 0 fully saturated rings. The highest BCUT2D eigenvalue weighted by molar-refractivity contribution is 9.10. The highest BCUT2D eigenvalue weighted by atomic mass is 79.9. The van der Waals surface area contributed by atoms with Crippen molar-refractivity contribution in [2.24, 2.45) is 0 Å². The third-order valence-electron chi connectivity index (χ3n) is 3.15. The van der Waals surface area contributed by atoms with Gasteiger partial charge in [0.15, 0.2) is 0 Å². The van der Waals surface area contributed by atoms with Gasteiger partial charge in [-0.15, -0.1) is 0 Å². The van der Waals surface area contributed by atoms with Gasteiger partial charge in [0.1, 0.15) is 16.9 Å². The van der Waals surface area contributed by atoms with Crippen LogP contribution in [-0.4, -0.2) is 9.97 Å². The number of fused-ring (bicyclic) bond motifs is 3. The molecule has 0 spiro atoms. The molecule has 2 heterocycles. The molecule has 4 rings (SSSR count). The smallest absolute Gasteiger partial charge is 0.321 e. The fourth-order valence-corrected chi connectivity index (χ4v) is 2.43. The van der Waals surface area contributed by atoms with Crippen LogP contribution in [0.1, 0.15) is 0 Å². The minimum absolute atomic E-state index is 0.311. The average molecular weight is 341 g/mol. The standard InChI is InChI=1S/C16H9BrN2O2/c17-10-8-18-16(19-9-10)20-11-5-6-15-13(7-11)12-3-1-2-4-14(12)21-15/h1-9H. The number of aromatic nitrogens is 2. The van der Waals surface area contributed by atoms with Crippen LogP contribution in [0.4, 0.5) is 0 Å². The number of para-hydroxylation sites is 1. The molecule has 102 valence electrons. The van der Waals surface area contributed by atoms with Gasteiger partial charge in [0.05, 0.1) is 4.47 Å². The minimum atomic E-state index is 0.311. The van der Waals surface area contributed by atoms with Crippen molar-refractivity contribution in [2.75, 3.05) is 0 Å². The van der Waals surface area contributed by atoms with E-state index in [0.29, 0.717) is 11.8 Å². The lowest BCUT2D eigenvalue weighted by atomic mass is 10.1. The van der Waals surface area contributed by atoms with Gasteiger partial charge >= 0.3 is 6.01 Å². The van der Waals surface area contributed by atoms with Crippen LogP contribution in [-0.2, 0) is 0 Å². The Balaban J connectivity index is 1.79. The van der Waals surface area contributed by atoms with Gasteiger partial charge in [-0.05, 0) is 40.2 Å². The summed E-state index contributed by atoms with van der Waals surface area (Å²) in [5.41, 5.74) is 1.70. The molecule has 5 heteroatoms. The first-order valence-electron chi connectivity index (χ1n) is 6.36. The molecule has 0 aliphatic rings. The maximum atomic E-state index is 5.78. The molecule has 0 N–H and O–H groups in total. The normalized spacial score (nSPS) is 11.1. The molecular weight excluding hydrogens is 332 g/mol. The highest BCUT2D eigenvalue weighted by Crippen LogP contribution is 2.32. The minimum Gasteiger partial charge on any atom is -0.456 e. The van der Waals surface area contributed by atoms with Crippen LogP contribution in [0.5, 0.6) is 11.8 Å². The van der Waals surface area contributed by atoms with Gasteiger partial charge in [-0.1, -0.05) is 18.2 Å². The fraction of sp³-hybridized carbons (Fsp3) is 0. The molecule has 0 radical (unpaired) electrons. The number of hydrogen-bond acceptors (Lipinski definition) is 4. The molecule has 0 aliphatic heterocycles. The Morgan fingerprint density at radius 3 is 2.52 bits per heavy atom. The lowest BCUT2D eigenvalue weighted by Gasteiger charge is -2.03. The lowest BCUT2D eigenvalue weighted by molar-refractivity contribution is 0.442. The van der Waals surface area contributed by atoms with E-state index in [1.807, 2.05) is 42.5 Å². The molecule has 0 bridgehead atoms. The topological polar surface area (TPSA) is 48.2 Å². The summed E-state index contributed by atoms with van der Waals surface area (Å²) in [5, 5.41) is 2.08. The maximum absolute atomic E-state index is 5.78. The summed E-state index contributed by atoms with van der Waals surface area (Å²) in [4.78, 5) is 8.20. The number of hydrogen-bond donors (Lipinski definition) is 0. The Hall–Kier alpha value is -2.40. The number of nitrogens with zero attached hydrogens (tertiary/aromatic N) is 2. The van der Waals surface area contributed by atoms with Gasteiger partial charge in [-0.25, -0.2) is 9.97 Å². The number of ether oxygens (including phenoxy) is 1. The Morgan fingerprint density at radius 2 is 1.67 bits per heavy atom. The van der Waals surface area contributed by atoms with E-state index in [9.17, 15) is 0 Å². The van der Waals surface area contributed by atoms with E-state index in [1.165, 1.54) is 0 Å². The molecule has 2 aromatic carbocycles. The first kappa shape index (κ1) is 12.3. The number of rotatable bonds is 2. The number of furan rings is 1. The Morgan fingerprint density at radius 1 is 0.905 bits per heavy atom. The highest BCUT2D eigenvalue weighted by Gasteiger charge is 2.08. The van der Waals surface area contributed by atoms with Crippen molar-refractivity contribution < 1.29 is 9.15 Å². The van der Waals surface area contributed by atoms with Gasteiger partial charge in [0, 0.05) is 23.2 Å². The van der Waals surface area contributed by atoms with Crippen LogP contribution in [0, 0.1) is 0 Å². The second-order valence-electron chi connectivity index (χ2n) is 4.54. The zero-order valence-electron chi connectivity index (χ0n) is 10.8. The van der Waals surface area contributed by atoms with Crippen molar-refractivity contribution in [2.45, 2.75) is 0 Å². The fourth-order valence-electron chi connectivity index (χ4n) is 2.23. The zero-order chi connectivity index (χ0) is 14.2. The SMILES string of the molecule is Brc1cnc(Oc2ccc3oc4ccccc4c3c2)nc1. The van der Waals surface area contributed by atoms with Crippen molar-refractivity contribution in [3.8, 4) is 11.8 Å². The van der Waals surface area contributed by atoms with Crippen LogP contribution in [0.2, 0.25) is 0 Å². The second kappa shape index (κ2) is 4.86. The second-order valence-corrected chi connectivity index (χ2v) is 5.46. The third kappa shape index (κ3) is 2.25. The van der Waals surface area contributed by atoms with Gasteiger partial charge in [-0.3, -0.25) is 0 Å². The van der Waals surface area contributed by atoms with Crippen LogP contribution >= 0.6 is 15.9 Å². The molecule has 0 amide bonds. The first-order valence-corrected chi connectivity index (χ1v) is 7.15. The van der Waals surface area contributed by atoms with Crippen LogP contribution in [0.3, 0.4) is 0 Å². The van der Waals surface area contributed by atoms with Crippen LogP contribution < -0.4 is 4.74 Å². The number of halogens is 1. The van der Waals surface area contributed by atoms with Gasteiger partial charge in [0.25, 0.3) is 0 Å². The summed E-state index contributed by atoms with van der Waals surface area (Å²) in [6.07, 6.45) is 3.29. The van der Waals surface area contributed by atoms with Crippen molar-refractivity contribution in [1.82, 2.24) is 9.97 Å². The summed E-state index contributed by atoms with van der Waals surface area (Å²) in [5.74, 6) is 0.677. The molecule has 0 saturated heterocycles. The summed E-state index contributed by atoms with van der Waals surface area (Å²) >= 11 is 3.29. The van der Waals surface area contributed by atoms with E-state index >= 15 is 0 Å². The lowest BCUT2D eigenvalue weighted by Crippen LogP contribution is -1.90. The summed E-state index contributed by atoms with van der Waals surface area (Å²) in [6, 6.07) is 13.9. The van der Waals surface area contributed by atoms with Crippen LogP contribution in [0.15, 0.2) is 63.7 Å². The van der Waals surface area contributed by atoms with Crippen molar-refractivity contribution >= 4 is 37.9 Å². The summed E-state index contributed by atoms with van der Waals surface area (Å²) in [6.45, 7) is 0. The molecule has 0 atom stereocenters. The van der Waals surface area contributed by atoms with E-state index in [2.05, 4.69) is 25.9 Å². The molecule has 4 nitrogen and oxygen atoms in total. The van der Waals surface area contributed by atoms with Gasteiger partial charge in [-0.2, -0.15) is 0 Å². The molecule has 4 aromatic rings. The Kier molecular flexibility index (Phi) is 2.86. The van der Waals surface area contributed by atoms with Crippen molar-refractivity contribution in [3.05, 3.63) is 59.3 Å². The molecule has 21 heavy (non-hydrogen) atoms. The molecule has 2 aromatic heterocycles. The van der Waals surface area contributed by atoms with Gasteiger partial charge in [0.2, 0.25) is 0 Å². The predicted molar refractivity (Wildman–Crippen MR) is 83.5 cm³/mol. The van der Waals surface area contributed by atoms with E-state index in [0.717, 1.165) is 26.4 Å². The molecule has 0 aliphatic carbocycles. The monoisotopic (exact) mass is 340 g/mol. The van der Waals surface area contributed by atoms with E-state index < -0.39 is 0 Å². The Labute approximate surface area is 128 Å². The molecule has 0 unspecified atom stereocenters. The average Bonchev–Trinajstić information content (AvgIpc) is 2.88. The van der Waals surface area contributed by atoms with Crippen molar-refractivity contribution in [1.29, 1.82) is 0 Å². The van der Waals surface area contributed by atoms with Gasteiger partial charge < -0.3 is 9.15 Å². The largest absolute Gasteiger partial charge is 0.456 e. The predicted octanol–water partition coefficient (Wildman–Crippen LogP) is 4.93. The molecular formula is C16H9BrN2O2. The zero-order valence-corrected chi connectivity index (χ0v) is 12.4. The van der Waals surface area contributed by atoms with Crippen molar-refractivity contribution in [3.63, 3.8) is 0 Å². The maximum Gasteiger partial charge on any atom is 0.321 e. The Bertz CT molecular complexity index is 932. The first-order chi connectivity index (χ1) is 10.3. The van der Waals surface area contributed by atoms with E-state index in [-0.39, 0.29) is 0 Å². The third-order valence-corrected chi connectivity index (χ3v) is 3.56.